The van der Waals surface area contributed by atoms with Gasteiger partial charge in [0.1, 0.15) is 11.6 Å². The Labute approximate surface area is 239 Å². The minimum absolute atomic E-state index is 0.0479. The zero-order valence-corrected chi connectivity index (χ0v) is 24.0. The predicted octanol–water partition coefficient (Wildman–Crippen LogP) is 4.48. The van der Waals surface area contributed by atoms with Crippen LogP contribution in [-0.4, -0.2) is 56.7 Å². The van der Waals surface area contributed by atoms with E-state index in [4.69, 9.17) is 10.3 Å². The van der Waals surface area contributed by atoms with Gasteiger partial charge in [-0.3, -0.25) is 14.7 Å². The fourth-order valence-electron chi connectivity index (χ4n) is 4.03. The van der Waals surface area contributed by atoms with Crippen molar-refractivity contribution in [1.29, 1.82) is 0 Å². The Morgan fingerprint density at radius 3 is 2.21 bits per heavy atom. The zero-order valence-electron chi connectivity index (χ0n) is 22.4. The van der Waals surface area contributed by atoms with Gasteiger partial charge in [-0.15, -0.1) is 0 Å². The molecule has 0 atom stereocenters. The molecule has 3 aromatic carbocycles. The van der Waals surface area contributed by atoms with Crippen LogP contribution in [0.4, 0.5) is 16.0 Å². The average molecular weight is 617 g/mol. The Hall–Kier alpha value is -4.67. The van der Waals surface area contributed by atoms with Crippen LogP contribution in [0.1, 0.15) is 13.8 Å². The van der Waals surface area contributed by atoms with Crippen LogP contribution in [0.3, 0.4) is 0 Å². The van der Waals surface area contributed by atoms with Crippen LogP contribution in [0.25, 0.3) is 44.9 Å². The molecule has 5 rings (SSSR count). The van der Waals surface area contributed by atoms with E-state index in [0.717, 1.165) is 15.6 Å². The maximum atomic E-state index is 14.9. The normalized spacial score (nSPS) is 11.9. The van der Waals surface area contributed by atoms with Crippen LogP contribution >= 0.6 is 0 Å². The molecule has 0 saturated heterocycles. The van der Waals surface area contributed by atoms with Crippen molar-refractivity contribution in [2.75, 3.05) is 12.0 Å². The third-order valence-corrected chi connectivity index (χ3v) is 8.03. The number of aromatic nitrogens is 4. The number of fused-ring (bicyclic) bond motifs is 1. The first-order valence-electron chi connectivity index (χ1n) is 12.1. The lowest BCUT2D eigenvalue weighted by atomic mass is 10.0. The van der Waals surface area contributed by atoms with Crippen LogP contribution in [0.15, 0.2) is 66.7 Å². The molecule has 13 nitrogen and oxygen atoms in total. The number of anilines is 1. The molecule has 42 heavy (non-hydrogen) atoms. The number of nitrogens with two attached hydrogens (primary N) is 1. The number of hydrogen-bond donors (Lipinski definition) is 3. The van der Waals surface area contributed by atoms with Gasteiger partial charge in [0, 0.05) is 17.2 Å². The lowest BCUT2D eigenvalue weighted by Crippen LogP contribution is -2.23. The highest BCUT2D eigenvalue weighted by Crippen LogP contribution is 2.36. The number of nitrogens with one attached hydrogen (secondary N) is 1. The summed E-state index contributed by atoms with van der Waals surface area (Å²) in [5, 5.41) is 10.3. The maximum Gasteiger partial charge on any atom is 0.272 e. The molecule has 220 valence electrons. The van der Waals surface area contributed by atoms with Gasteiger partial charge >= 0.3 is 0 Å². The number of nitro groups is 1. The number of halogens is 1. The highest BCUT2D eigenvalue weighted by Gasteiger charge is 2.26. The molecule has 0 bridgehead atoms. The Morgan fingerprint density at radius 2 is 1.64 bits per heavy atom. The van der Waals surface area contributed by atoms with Crippen LogP contribution in [-0.2, 0) is 20.1 Å². The molecule has 0 amide bonds. The first kappa shape index (κ1) is 30.3. The van der Waals surface area contributed by atoms with E-state index < -0.39 is 36.1 Å². The summed E-state index contributed by atoms with van der Waals surface area (Å²) in [4.78, 5) is 22.3. The van der Waals surface area contributed by atoms with Gasteiger partial charge in [0.2, 0.25) is 16.0 Å². The number of imidazole rings is 2. The molecule has 0 aliphatic rings. The molecular formula is C26H25FN6O7S2. The van der Waals surface area contributed by atoms with Crippen LogP contribution in [0.5, 0.6) is 0 Å². The number of hydrogen-bond acceptors (Lipinski definition) is 9. The van der Waals surface area contributed by atoms with Gasteiger partial charge in [-0.25, -0.2) is 26.7 Å². The Balaban J connectivity index is 0.000000748. The van der Waals surface area contributed by atoms with Crippen molar-refractivity contribution in [2.24, 2.45) is 0 Å². The highest BCUT2D eigenvalue weighted by molar-refractivity contribution is 7.90. The second-order valence-corrected chi connectivity index (χ2v) is 13.2. The summed E-state index contributed by atoms with van der Waals surface area (Å²) in [6, 6.07) is 17.5. The zero-order chi connectivity index (χ0) is 31.0. The molecule has 0 aliphatic heterocycles. The van der Waals surface area contributed by atoms with Crippen molar-refractivity contribution in [3.05, 3.63) is 82.7 Å². The fourth-order valence-corrected chi connectivity index (χ4v) is 5.18. The van der Waals surface area contributed by atoms with Crippen molar-refractivity contribution in [3.63, 3.8) is 0 Å². The number of aromatic amines is 1. The molecule has 16 heteroatoms. The minimum atomic E-state index is -3.81. The van der Waals surface area contributed by atoms with E-state index in [1.807, 2.05) is 30.3 Å². The van der Waals surface area contributed by atoms with E-state index in [2.05, 4.69) is 15.0 Å². The molecule has 4 N–H and O–H groups in total. The molecule has 0 spiro atoms. The topological polar surface area (TPSA) is 204 Å². The lowest BCUT2D eigenvalue weighted by Gasteiger charge is -2.11. The average Bonchev–Trinajstić information content (AvgIpc) is 3.48. The van der Waals surface area contributed by atoms with Gasteiger partial charge in [-0.1, -0.05) is 36.4 Å². The van der Waals surface area contributed by atoms with Gasteiger partial charge in [0.25, 0.3) is 15.8 Å². The Kier molecular flexibility index (Phi) is 8.15. The summed E-state index contributed by atoms with van der Waals surface area (Å²) in [7, 11) is -7.48. The first-order valence-corrected chi connectivity index (χ1v) is 15.5. The monoisotopic (exact) mass is 616 g/mol. The van der Waals surface area contributed by atoms with E-state index in [0.29, 0.717) is 28.7 Å². The number of nitrogens with zero attached hydrogens (tertiary/aromatic N) is 4. The van der Waals surface area contributed by atoms with Crippen LogP contribution in [0, 0.1) is 15.9 Å². The smallest absolute Gasteiger partial charge is 0.272 e. The molecule has 5 aromatic rings. The van der Waals surface area contributed by atoms with Crippen molar-refractivity contribution < 1.29 is 30.7 Å². The molecule has 0 aliphatic carbocycles. The number of non-ortho nitro benzene ring substituents is 1. The second kappa shape index (κ2) is 11.3. The first-order chi connectivity index (χ1) is 19.6. The van der Waals surface area contributed by atoms with Gasteiger partial charge in [0.05, 0.1) is 50.5 Å². The maximum absolute atomic E-state index is 14.9. The van der Waals surface area contributed by atoms with Crippen molar-refractivity contribution in [1.82, 2.24) is 18.9 Å². The van der Waals surface area contributed by atoms with Crippen LogP contribution in [0.2, 0.25) is 0 Å². The van der Waals surface area contributed by atoms with Gasteiger partial charge in [-0.2, -0.15) is 8.42 Å². The third kappa shape index (κ3) is 6.29. The van der Waals surface area contributed by atoms with E-state index in [-0.39, 0.29) is 28.5 Å². The fraction of sp³-hybridized carbons (Fsp3) is 0.154. The van der Waals surface area contributed by atoms with E-state index >= 15 is 0 Å². The number of rotatable bonds is 6. The van der Waals surface area contributed by atoms with E-state index in [1.165, 1.54) is 12.1 Å². The quantitative estimate of drug-likeness (QED) is 0.139. The molecule has 2 heterocycles. The van der Waals surface area contributed by atoms with Crippen molar-refractivity contribution in [3.8, 4) is 33.9 Å². The summed E-state index contributed by atoms with van der Waals surface area (Å²) in [5.74, 6) is -0.803. The van der Waals surface area contributed by atoms with Gasteiger partial charge < -0.3 is 10.7 Å². The summed E-state index contributed by atoms with van der Waals surface area (Å²) in [6.07, 6.45) is 0.715. The molecule has 0 saturated carbocycles. The largest absolute Gasteiger partial charge is 0.368 e. The lowest BCUT2D eigenvalue weighted by molar-refractivity contribution is -0.385. The molecule has 0 radical (unpaired) electrons. The van der Waals surface area contributed by atoms with E-state index in [1.54, 1.807) is 32.0 Å². The summed E-state index contributed by atoms with van der Waals surface area (Å²) in [6.45, 7) is 3.10. The molecular weight excluding hydrogens is 591 g/mol. The Bertz CT molecular complexity index is 2010. The third-order valence-electron chi connectivity index (χ3n) is 5.95. The van der Waals surface area contributed by atoms with Crippen molar-refractivity contribution in [2.45, 2.75) is 19.1 Å². The van der Waals surface area contributed by atoms with Gasteiger partial charge in [-0.05, 0) is 32.0 Å². The summed E-state index contributed by atoms with van der Waals surface area (Å²) >= 11 is 0. The van der Waals surface area contributed by atoms with Crippen molar-refractivity contribution >= 4 is 42.8 Å². The standard InChI is InChI=1S/C25H21FN6O4S.CH4O3S/c1-14(2)37(35,36)31-21-12-16(8-11-20(21)28-25(31)27)23-22(15-6-4-3-5-7-15)29-24(30-23)18-10-9-17(32(33)34)13-19(18)26;1-5(2,3)4/h3-14H,1-2H3,(H2,27,28)(H,29,30);1H3,(H,2,3,4). The SMILES string of the molecule is CC(C)S(=O)(=O)n1c(N)nc2ccc(-c3nc(-c4ccc([N+](=O)[O-])cc4F)[nH]c3-c3ccccc3)cc21.CS(=O)(=O)O. The highest BCUT2D eigenvalue weighted by atomic mass is 32.2. The summed E-state index contributed by atoms with van der Waals surface area (Å²) in [5.41, 5.74) is 8.60. The summed E-state index contributed by atoms with van der Waals surface area (Å²) < 4.78 is 67.7. The minimum Gasteiger partial charge on any atom is -0.368 e. The number of nitro benzene ring substituents is 1. The Morgan fingerprint density at radius 1 is 1.00 bits per heavy atom. The molecule has 0 fully saturated rings. The predicted molar refractivity (Wildman–Crippen MR) is 156 cm³/mol. The van der Waals surface area contributed by atoms with Gasteiger partial charge in [0.15, 0.2) is 0 Å². The number of H-pyrrole nitrogens is 1. The number of nitrogen functional groups attached to an aromatic ring is 1. The molecule has 2 aromatic heterocycles. The van der Waals surface area contributed by atoms with Crippen LogP contribution < -0.4 is 5.73 Å². The second-order valence-electron chi connectivity index (χ2n) is 9.36. The van der Waals surface area contributed by atoms with E-state index in [9.17, 15) is 31.3 Å². The molecule has 0 unspecified atom stereocenters. The number of benzene rings is 3.